The number of oxime groups is 1. The molecule has 0 saturated heterocycles. The van der Waals surface area contributed by atoms with Gasteiger partial charge in [0.25, 0.3) is 5.91 Å². The van der Waals surface area contributed by atoms with Gasteiger partial charge in [0, 0.05) is 6.42 Å². The molecule has 2 heterocycles. The van der Waals surface area contributed by atoms with Crippen LogP contribution in [0.5, 0.6) is 0 Å². The van der Waals surface area contributed by atoms with E-state index in [1.54, 1.807) is 27.7 Å². The molecule has 3 N–H and O–H groups in total. The van der Waals surface area contributed by atoms with Crippen LogP contribution in [0.2, 0.25) is 0 Å². The largest absolute Gasteiger partial charge is 0.444 e. The van der Waals surface area contributed by atoms with Gasteiger partial charge in [-0.15, -0.1) is 0 Å². The molecule has 1 aromatic rings. The summed E-state index contributed by atoms with van der Waals surface area (Å²) in [6, 6.07) is 0. The van der Waals surface area contributed by atoms with Crippen LogP contribution in [0.25, 0.3) is 0 Å². The second-order valence-electron chi connectivity index (χ2n) is 6.62. The number of aryl methyl sites for hydroxylation is 2. The second kappa shape index (κ2) is 6.90. The summed E-state index contributed by atoms with van der Waals surface area (Å²) in [6.45, 7) is 9.16. The molecule has 2 rings (SSSR count). The Balaban J connectivity index is 1.80. The Kier molecular flexibility index (Phi) is 5.10. The van der Waals surface area contributed by atoms with Gasteiger partial charge in [0.15, 0.2) is 6.10 Å². The number of alkyl carbamates (subject to hydrolysis) is 1. The van der Waals surface area contributed by atoms with E-state index in [1.807, 2.05) is 6.92 Å². The summed E-state index contributed by atoms with van der Waals surface area (Å²) >= 11 is 0. The van der Waals surface area contributed by atoms with Gasteiger partial charge < -0.3 is 20.2 Å². The summed E-state index contributed by atoms with van der Waals surface area (Å²) in [5, 5.41) is 16.0. The smallest absolute Gasteiger partial charge is 0.407 e. The first-order valence-electron chi connectivity index (χ1n) is 7.68. The number of hydrogen-bond acceptors (Lipinski definition) is 6. The van der Waals surface area contributed by atoms with Gasteiger partial charge in [-0.2, -0.15) is 5.10 Å². The SMILES string of the molecule is Cc1n[nH]c(C)c1NC(=O)C1=NO[C@@H](CNC(=O)OC(C)(C)C)C1. The van der Waals surface area contributed by atoms with Crippen molar-refractivity contribution in [3.8, 4) is 0 Å². The average molecular weight is 337 g/mol. The number of aromatic nitrogens is 2. The van der Waals surface area contributed by atoms with Crippen LogP contribution in [-0.2, 0) is 14.4 Å². The van der Waals surface area contributed by atoms with Gasteiger partial charge in [0.2, 0.25) is 0 Å². The standard InChI is InChI=1S/C15H23N5O4/c1-8-12(9(2)19-18-8)17-13(21)11-6-10(24-20-11)7-16-14(22)23-15(3,4)5/h10H,6-7H2,1-5H3,(H,16,22)(H,17,21)(H,18,19)/t10-/m1/s1. The molecule has 9 nitrogen and oxygen atoms in total. The lowest BCUT2D eigenvalue weighted by Crippen LogP contribution is -2.37. The highest BCUT2D eigenvalue weighted by molar-refractivity contribution is 6.43. The van der Waals surface area contributed by atoms with E-state index in [2.05, 4.69) is 26.0 Å². The van der Waals surface area contributed by atoms with Crippen LogP contribution >= 0.6 is 0 Å². The molecule has 0 unspecified atom stereocenters. The molecule has 1 aliphatic heterocycles. The Bertz CT molecular complexity index is 640. The molecule has 132 valence electrons. The quantitative estimate of drug-likeness (QED) is 0.772. The van der Waals surface area contributed by atoms with Gasteiger partial charge >= 0.3 is 6.09 Å². The van der Waals surface area contributed by atoms with Gasteiger partial charge in [0.05, 0.1) is 23.6 Å². The number of H-pyrrole nitrogens is 1. The fraction of sp³-hybridized carbons (Fsp3) is 0.600. The first-order valence-corrected chi connectivity index (χ1v) is 7.68. The minimum absolute atomic E-state index is 0.207. The number of amides is 2. The fourth-order valence-corrected chi connectivity index (χ4v) is 2.10. The summed E-state index contributed by atoms with van der Waals surface area (Å²) in [5.41, 5.74) is 1.80. The highest BCUT2D eigenvalue weighted by Gasteiger charge is 2.28. The maximum atomic E-state index is 12.2. The highest BCUT2D eigenvalue weighted by Crippen LogP contribution is 2.18. The Morgan fingerprint density at radius 2 is 2.08 bits per heavy atom. The van der Waals surface area contributed by atoms with Crippen molar-refractivity contribution in [1.82, 2.24) is 15.5 Å². The zero-order chi connectivity index (χ0) is 17.9. The van der Waals surface area contributed by atoms with E-state index in [0.29, 0.717) is 17.8 Å². The van der Waals surface area contributed by atoms with Gasteiger partial charge in [0.1, 0.15) is 11.3 Å². The number of rotatable bonds is 4. The van der Waals surface area contributed by atoms with Crippen molar-refractivity contribution < 1.29 is 19.2 Å². The molecular weight excluding hydrogens is 314 g/mol. The van der Waals surface area contributed by atoms with Crippen LogP contribution in [0, 0.1) is 13.8 Å². The van der Waals surface area contributed by atoms with Crippen molar-refractivity contribution in [3.63, 3.8) is 0 Å². The van der Waals surface area contributed by atoms with E-state index in [9.17, 15) is 9.59 Å². The zero-order valence-corrected chi connectivity index (χ0v) is 14.5. The molecule has 1 aliphatic rings. The number of carbonyl (C=O) groups excluding carboxylic acids is 2. The van der Waals surface area contributed by atoms with Gasteiger partial charge in [-0.25, -0.2) is 4.79 Å². The maximum Gasteiger partial charge on any atom is 0.407 e. The van der Waals surface area contributed by atoms with Crippen molar-refractivity contribution in [3.05, 3.63) is 11.4 Å². The topological polar surface area (TPSA) is 118 Å². The molecule has 1 atom stereocenters. The fourth-order valence-electron chi connectivity index (χ4n) is 2.10. The predicted octanol–water partition coefficient (Wildman–Crippen LogP) is 1.63. The number of aromatic amines is 1. The molecule has 0 radical (unpaired) electrons. The molecule has 0 aliphatic carbocycles. The van der Waals surface area contributed by atoms with Crippen molar-refractivity contribution >= 4 is 23.4 Å². The summed E-state index contributed by atoms with van der Waals surface area (Å²) in [4.78, 5) is 29.0. The van der Waals surface area contributed by atoms with Gasteiger partial charge in [-0.1, -0.05) is 5.16 Å². The number of nitrogens with one attached hydrogen (secondary N) is 3. The second-order valence-corrected chi connectivity index (χ2v) is 6.62. The Morgan fingerprint density at radius 1 is 1.38 bits per heavy atom. The third kappa shape index (κ3) is 4.71. The van der Waals surface area contributed by atoms with Crippen LogP contribution in [-0.4, -0.2) is 46.2 Å². The van der Waals surface area contributed by atoms with E-state index in [1.165, 1.54) is 0 Å². The monoisotopic (exact) mass is 337 g/mol. The lowest BCUT2D eigenvalue weighted by atomic mass is 10.1. The lowest BCUT2D eigenvalue weighted by Gasteiger charge is -2.20. The maximum absolute atomic E-state index is 12.2. The Hall–Kier alpha value is -2.58. The number of carbonyl (C=O) groups is 2. The number of nitrogens with zero attached hydrogens (tertiary/aromatic N) is 2. The molecule has 0 aromatic carbocycles. The normalized spacial score (nSPS) is 17.0. The molecule has 0 saturated carbocycles. The van der Waals surface area contributed by atoms with Crippen LogP contribution in [0.1, 0.15) is 38.6 Å². The zero-order valence-electron chi connectivity index (χ0n) is 14.5. The first-order chi connectivity index (χ1) is 11.2. The Labute approximate surface area is 140 Å². The molecule has 2 amide bonds. The third-order valence-corrected chi connectivity index (χ3v) is 3.23. The molecule has 1 aromatic heterocycles. The molecule has 0 bridgehead atoms. The summed E-state index contributed by atoms with van der Waals surface area (Å²) in [6.07, 6.45) is -0.629. The van der Waals surface area contributed by atoms with Gasteiger partial charge in [-0.3, -0.25) is 9.89 Å². The van der Waals surface area contributed by atoms with Crippen molar-refractivity contribution in [2.75, 3.05) is 11.9 Å². The summed E-state index contributed by atoms with van der Waals surface area (Å²) in [5.74, 6) is -0.345. The first kappa shape index (κ1) is 17.8. The van der Waals surface area contributed by atoms with Crippen LogP contribution < -0.4 is 10.6 Å². The van der Waals surface area contributed by atoms with Crippen molar-refractivity contribution in [1.29, 1.82) is 0 Å². The Morgan fingerprint density at radius 3 is 2.67 bits per heavy atom. The molecule has 0 spiro atoms. The van der Waals surface area contributed by atoms with Crippen LogP contribution in [0.4, 0.5) is 10.5 Å². The van der Waals surface area contributed by atoms with E-state index in [0.717, 1.165) is 5.69 Å². The molecule has 9 heteroatoms. The molecule has 24 heavy (non-hydrogen) atoms. The molecular formula is C15H23N5O4. The van der Waals surface area contributed by atoms with Crippen molar-refractivity contribution in [2.24, 2.45) is 5.16 Å². The predicted molar refractivity (Wildman–Crippen MR) is 87.9 cm³/mol. The van der Waals surface area contributed by atoms with Crippen LogP contribution in [0.3, 0.4) is 0 Å². The third-order valence-electron chi connectivity index (χ3n) is 3.23. The summed E-state index contributed by atoms with van der Waals surface area (Å²) in [7, 11) is 0. The number of hydrogen-bond donors (Lipinski definition) is 3. The van der Waals surface area contributed by atoms with E-state index >= 15 is 0 Å². The number of anilines is 1. The number of ether oxygens (including phenoxy) is 1. The van der Waals surface area contributed by atoms with Gasteiger partial charge in [-0.05, 0) is 34.6 Å². The summed E-state index contributed by atoms with van der Waals surface area (Å²) < 4.78 is 5.14. The van der Waals surface area contributed by atoms with E-state index in [4.69, 9.17) is 9.57 Å². The minimum atomic E-state index is -0.567. The van der Waals surface area contributed by atoms with E-state index < -0.39 is 17.8 Å². The molecule has 0 fully saturated rings. The van der Waals surface area contributed by atoms with Crippen molar-refractivity contribution in [2.45, 2.75) is 52.7 Å². The lowest BCUT2D eigenvalue weighted by molar-refractivity contribution is -0.110. The van der Waals surface area contributed by atoms with Crippen LogP contribution in [0.15, 0.2) is 5.16 Å². The van der Waals surface area contributed by atoms with E-state index in [-0.39, 0.29) is 18.2 Å². The highest BCUT2D eigenvalue weighted by atomic mass is 16.6. The minimum Gasteiger partial charge on any atom is -0.444 e. The average Bonchev–Trinajstić information content (AvgIpc) is 3.05.